The van der Waals surface area contributed by atoms with Gasteiger partial charge in [-0.2, -0.15) is 0 Å². The third kappa shape index (κ3) is 5.06. The number of halogens is 1. The topological polar surface area (TPSA) is 53.2 Å². The van der Waals surface area contributed by atoms with E-state index in [1.54, 1.807) is 0 Å². The summed E-state index contributed by atoms with van der Waals surface area (Å²) in [5.74, 6) is 0.00857. The van der Waals surface area contributed by atoms with Crippen LogP contribution in [0.5, 0.6) is 0 Å². The molecule has 0 unspecified atom stereocenters. The molecule has 0 fully saturated rings. The first-order chi connectivity index (χ1) is 8.52. The van der Waals surface area contributed by atoms with Crippen LogP contribution in [0.3, 0.4) is 0 Å². The molecule has 0 aliphatic carbocycles. The van der Waals surface area contributed by atoms with Gasteiger partial charge in [-0.3, -0.25) is 4.79 Å². The Morgan fingerprint density at radius 3 is 2.67 bits per heavy atom. The molecule has 5 heteroatoms. The lowest BCUT2D eigenvalue weighted by Crippen LogP contribution is -2.20. The quantitative estimate of drug-likeness (QED) is 0.757. The van der Waals surface area contributed by atoms with E-state index in [0.717, 1.165) is 15.8 Å². The van der Waals surface area contributed by atoms with Crippen molar-refractivity contribution >= 4 is 33.2 Å². The van der Waals surface area contributed by atoms with Gasteiger partial charge in [0, 0.05) is 23.5 Å². The van der Waals surface area contributed by atoms with Crippen molar-refractivity contribution in [1.29, 1.82) is 0 Å². The summed E-state index contributed by atoms with van der Waals surface area (Å²) in [4.78, 5) is 11.7. The number of hydrogen-bond acceptors (Lipinski definition) is 3. The molecule has 0 spiro atoms. The normalized spacial score (nSPS) is 10.5. The Morgan fingerprint density at radius 1 is 1.33 bits per heavy atom. The van der Waals surface area contributed by atoms with E-state index in [2.05, 4.69) is 45.7 Å². The van der Waals surface area contributed by atoms with Crippen LogP contribution in [-0.2, 0) is 4.79 Å². The van der Waals surface area contributed by atoms with Gasteiger partial charge in [0.25, 0.3) is 0 Å². The fourth-order valence-electron chi connectivity index (χ4n) is 1.51. The van der Waals surface area contributed by atoms with Crippen molar-refractivity contribution < 1.29 is 4.79 Å². The molecule has 0 saturated heterocycles. The average Bonchev–Trinajstić information content (AvgIpc) is 2.29. The monoisotopic (exact) mass is 313 g/mol. The number of carbonyl (C=O) groups excluding carboxylic acids is 1. The highest BCUT2D eigenvalue weighted by Gasteiger charge is 2.08. The molecule has 0 aliphatic heterocycles. The van der Waals surface area contributed by atoms with Gasteiger partial charge in [-0.15, -0.1) is 0 Å². The molecule has 0 saturated carbocycles. The Morgan fingerprint density at radius 2 is 2.06 bits per heavy atom. The van der Waals surface area contributed by atoms with Crippen molar-refractivity contribution in [2.24, 2.45) is 0 Å². The van der Waals surface area contributed by atoms with Crippen molar-refractivity contribution in [1.82, 2.24) is 5.32 Å². The molecule has 0 bridgehead atoms. The number of anilines is 2. The molecule has 0 atom stereocenters. The van der Waals surface area contributed by atoms with E-state index < -0.39 is 0 Å². The molecule has 0 aromatic heterocycles. The van der Waals surface area contributed by atoms with Crippen LogP contribution in [0.4, 0.5) is 11.4 Å². The molecular weight excluding hydrogens is 294 g/mol. The molecule has 18 heavy (non-hydrogen) atoms. The summed E-state index contributed by atoms with van der Waals surface area (Å²) < 4.78 is 0.945. The largest absolute Gasteiger partial charge is 0.381 e. The minimum atomic E-state index is 0.00857. The van der Waals surface area contributed by atoms with Crippen molar-refractivity contribution in [3.8, 4) is 0 Å². The zero-order chi connectivity index (χ0) is 13.5. The molecule has 3 N–H and O–H groups in total. The molecule has 1 aromatic carbocycles. The Bertz CT molecular complexity index is 407. The second-order valence-corrected chi connectivity index (χ2v) is 5.31. The van der Waals surface area contributed by atoms with Crippen LogP contribution in [0.15, 0.2) is 22.7 Å². The van der Waals surface area contributed by atoms with Crippen LogP contribution in [0, 0.1) is 0 Å². The summed E-state index contributed by atoms with van der Waals surface area (Å²) in [6.45, 7) is 4.80. The molecule has 0 radical (unpaired) electrons. The molecule has 1 amide bonds. The number of rotatable bonds is 6. The summed E-state index contributed by atoms with van der Waals surface area (Å²) >= 11 is 3.41. The van der Waals surface area contributed by atoms with Gasteiger partial charge in [0.05, 0.1) is 11.4 Å². The van der Waals surface area contributed by atoms with Gasteiger partial charge in [-0.1, -0.05) is 15.9 Å². The van der Waals surface area contributed by atoms with Crippen molar-refractivity contribution in [2.75, 3.05) is 24.2 Å². The molecule has 0 heterocycles. The zero-order valence-electron chi connectivity index (χ0n) is 11.0. The fourth-order valence-corrected chi connectivity index (χ4v) is 1.87. The zero-order valence-corrected chi connectivity index (χ0v) is 12.6. The van der Waals surface area contributed by atoms with E-state index in [1.807, 2.05) is 25.2 Å². The van der Waals surface area contributed by atoms with Crippen LogP contribution < -0.4 is 16.0 Å². The van der Waals surface area contributed by atoms with Gasteiger partial charge in [-0.05, 0) is 39.1 Å². The van der Waals surface area contributed by atoms with Gasteiger partial charge in [0.2, 0.25) is 5.91 Å². The second kappa shape index (κ2) is 7.38. The van der Waals surface area contributed by atoms with E-state index in [4.69, 9.17) is 0 Å². The van der Waals surface area contributed by atoms with E-state index in [0.29, 0.717) is 19.0 Å². The fraction of sp³-hybridized carbons (Fsp3) is 0.462. The van der Waals surface area contributed by atoms with E-state index in [-0.39, 0.29) is 5.91 Å². The predicted molar refractivity (Wildman–Crippen MR) is 80.1 cm³/mol. The minimum Gasteiger partial charge on any atom is -0.381 e. The van der Waals surface area contributed by atoms with Crippen molar-refractivity contribution in [2.45, 2.75) is 26.3 Å². The maximum absolute atomic E-state index is 11.7. The first-order valence-corrected chi connectivity index (χ1v) is 6.82. The minimum absolute atomic E-state index is 0.00857. The summed E-state index contributed by atoms with van der Waals surface area (Å²) in [6, 6.07) is 6.13. The maximum atomic E-state index is 11.7. The maximum Gasteiger partial charge on any atom is 0.225 e. The smallest absolute Gasteiger partial charge is 0.225 e. The lowest BCUT2D eigenvalue weighted by atomic mass is 10.2. The third-order valence-electron chi connectivity index (χ3n) is 2.30. The van der Waals surface area contributed by atoms with Gasteiger partial charge in [0.15, 0.2) is 0 Å². The van der Waals surface area contributed by atoms with Crippen LogP contribution in [0.1, 0.15) is 20.3 Å². The van der Waals surface area contributed by atoms with Crippen molar-refractivity contribution in [3.05, 3.63) is 22.7 Å². The summed E-state index contributed by atoms with van der Waals surface area (Å²) in [5, 5.41) is 9.19. The Labute approximate surface area is 117 Å². The van der Waals surface area contributed by atoms with Gasteiger partial charge < -0.3 is 16.0 Å². The molecular formula is C13H20BrN3O. The number of amides is 1. The standard InChI is InChI=1S/C13H20BrN3O/c1-9(2)16-11-5-4-10(14)8-12(11)17-13(18)6-7-15-3/h4-5,8-9,15-16H,6-7H2,1-3H3,(H,17,18). The summed E-state index contributed by atoms with van der Waals surface area (Å²) in [7, 11) is 1.83. The molecule has 0 aliphatic rings. The van der Waals surface area contributed by atoms with Crippen LogP contribution in [0.2, 0.25) is 0 Å². The molecule has 1 aromatic rings. The van der Waals surface area contributed by atoms with E-state index >= 15 is 0 Å². The highest BCUT2D eigenvalue weighted by molar-refractivity contribution is 9.10. The summed E-state index contributed by atoms with van der Waals surface area (Å²) in [5.41, 5.74) is 1.74. The Balaban J connectivity index is 2.78. The predicted octanol–water partition coefficient (Wildman–Crippen LogP) is 2.82. The number of benzene rings is 1. The summed E-state index contributed by atoms with van der Waals surface area (Å²) in [6.07, 6.45) is 0.462. The van der Waals surface area contributed by atoms with Gasteiger partial charge in [-0.25, -0.2) is 0 Å². The molecule has 4 nitrogen and oxygen atoms in total. The number of hydrogen-bond donors (Lipinski definition) is 3. The highest BCUT2D eigenvalue weighted by Crippen LogP contribution is 2.26. The van der Waals surface area contributed by atoms with Crippen LogP contribution in [-0.4, -0.2) is 25.5 Å². The first-order valence-electron chi connectivity index (χ1n) is 6.03. The lowest BCUT2D eigenvalue weighted by Gasteiger charge is -2.16. The lowest BCUT2D eigenvalue weighted by molar-refractivity contribution is -0.116. The average molecular weight is 314 g/mol. The molecule has 1 rings (SSSR count). The second-order valence-electron chi connectivity index (χ2n) is 4.39. The molecule has 100 valence electrons. The highest BCUT2D eigenvalue weighted by atomic mass is 79.9. The van der Waals surface area contributed by atoms with Crippen molar-refractivity contribution in [3.63, 3.8) is 0 Å². The SMILES string of the molecule is CNCCC(=O)Nc1cc(Br)ccc1NC(C)C. The third-order valence-corrected chi connectivity index (χ3v) is 2.80. The number of nitrogens with one attached hydrogen (secondary N) is 3. The van der Waals surface area contributed by atoms with E-state index in [9.17, 15) is 4.79 Å². The van der Waals surface area contributed by atoms with Crippen LogP contribution in [0.25, 0.3) is 0 Å². The van der Waals surface area contributed by atoms with Gasteiger partial charge in [0.1, 0.15) is 0 Å². The van der Waals surface area contributed by atoms with Crippen LogP contribution >= 0.6 is 15.9 Å². The Hall–Kier alpha value is -1.07. The van der Waals surface area contributed by atoms with Gasteiger partial charge >= 0.3 is 0 Å². The Kier molecular flexibility index (Phi) is 6.15. The first kappa shape index (κ1) is 15.0. The van der Waals surface area contributed by atoms with E-state index in [1.165, 1.54) is 0 Å². The number of carbonyl (C=O) groups is 1.